The summed E-state index contributed by atoms with van der Waals surface area (Å²) in [6.45, 7) is 10.7. The maximum atomic E-state index is 4.07. The molecule has 0 radical (unpaired) electrons. The Kier molecular flexibility index (Phi) is 5.98. The molecule has 23 heavy (non-hydrogen) atoms. The van der Waals surface area contributed by atoms with Gasteiger partial charge in [0.15, 0.2) is 0 Å². The van der Waals surface area contributed by atoms with Crippen molar-refractivity contribution in [3.05, 3.63) is 83.5 Å². The molecular weight excluding hydrogens is 355 g/mol. The molecule has 0 saturated carbocycles. The quantitative estimate of drug-likeness (QED) is 0.561. The molecule has 2 aromatic rings. The van der Waals surface area contributed by atoms with Crippen LogP contribution in [0.15, 0.2) is 72.3 Å². The van der Waals surface area contributed by atoms with Crippen LogP contribution in [0, 0.1) is 5.92 Å². The zero-order valence-electron chi connectivity index (χ0n) is 14.3. The van der Waals surface area contributed by atoms with Gasteiger partial charge in [-0.25, -0.2) is 0 Å². The fraction of sp³-hybridized carbons (Fsp3) is 0.273. The first-order valence-electron chi connectivity index (χ1n) is 8.09. The van der Waals surface area contributed by atoms with Gasteiger partial charge in [0.2, 0.25) is 0 Å². The van der Waals surface area contributed by atoms with Crippen molar-refractivity contribution in [2.24, 2.45) is 5.92 Å². The van der Waals surface area contributed by atoms with Crippen LogP contribution in [0.4, 0.5) is 0 Å². The molecule has 116 valence electrons. The second-order valence-corrected chi connectivity index (χ2v) is 6.58. The van der Waals surface area contributed by atoms with Crippen molar-refractivity contribution in [1.29, 1.82) is 0 Å². The molecule has 0 spiro atoms. The molecule has 0 aromatic heterocycles. The molecule has 2 aromatic carbocycles. The van der Waals surface area contributed by atoms with Crippen LogP contribution in [0.25, 0.3) is 11.1 Å². The Morgan fingerprint density at radius 1 is 1.04 bits per heavy atom. The molecular formula is C22H24Zr. The van der Waals surface area contributed by atoms with Gasteiger partial charge in [-0.3, -0.25) is 0 Å². The van der Waals surface area contributed by atoms with E-state index in [1.165, 1.54) is 33.4 Å². The summed E-state index contributed by atoms with van der Waals surface area (Å²) in [5, 5.41) is 0. The summed E-state index contributed by atoms with van der Waals surface area (Å²) in [7, 11) is 0. The average Bonchev–Trinajstić information content (AvgIpc) is 2.84. The first-order valence-corrected chi connectivity index (χ1v) is 8.09. The van der Waals surface area contributed by atoms with Crippen molar-refractivity contribution in [2.45, 2.75) is 33.1 Å². The Morgan fingerprint density at radius 3 is 2.39 bits per heavy atom. The number of benzene rings is 2. The SMILES string of the molecule is C=C(C)C(C)=CC1c2cccc(-c3ccccc3)c2CC1C.[Zr]. The molecule has 0 amide bonds. The smallest absolute Gasteiger partial charge is 0.00555 e. The third-order valence-electron chi connectivity index (χ3n) is 4.90. The Labute approximate surface area is 159 Å². The van der Waals surface area contributed by atoms with E-state index < -0.39 is 0 Å². The molecule has 0 nitrogen and oxygen atoms in total. The van der Waals surface area contributed by atoms with Crippen LogP contribution in [0.5, 0.6) is 0 Å². The van der Waals surface area contributed by atoms with Gasteiger partial charge in [0, 0.05) is 32.1 Å². The van der Waals surface area contributed by atoms with E-state index in [9.17, 15) is 0 Å². The second-order valence-electron chi connectivity index (χ2n) is 6.58. The molecule has 0 heterocycles. The van der Waals surface area contributed by atoms with Gasteiger partial charge in [-0.1, -0.05) is 79.3 Å². The minimum atomic E-state index is 0. The normalized spacial score (nSPS) is 19.9. The van der Waals surface area contributed by atoms with Gasteiger partial charge in [-0.2, -0.15) is 0 Å². The maximum Gasteiger partial charge on any atom is 0.00555 e. The fourth-order valence-electron chi connectivity index (χ4n) is 3.45. The average molecular weight is 380 g/mol. The van der Waals surface area contributed by atoms with Crippen molar-refractivity contribution in [1.82, 2.24) is 0 Å². The molecule has 1 aliphatic rings. The van der Waals surface area contributed by atoms with Crippen LogP contribution >= 0.6 is 0 Å². The second kappa shape index (κ2) is 7.58. The Bertz CT molecular complexity index is 725. The zero-order valence-corrected chi connectivity index (χ0v) is 16.7. The van der Waals surface area contributed by atoms with Crippen LogP contribution < -0.4 is 0 Å². The Morgan fingerprint density at radius 2 is 1.74 bits per heavy atom. The molecule has 0 fully saturated rings. The van der Waals surface area contributed by atoms with E-state index in [4.69, 9.17) is 0 Å². The van der Waals surface area contributed by atoms with Crippen molar-refractivity contribution in [3.8, 4) is 11.1 Å². The number of hydrogen-bond donors (Lipinski definition) is 0. The van der Waals surface area contributed by atoms with Gasteiger partial charge in [-0.05, 0) is 48.4 Å². The molecule has 1 aliphatic carbocycles. The Balaban J connectivity index is 0.00000192. The number of allylic oxidation sites excluding steroid dienone is 3. The predicted molar refractivity (Wildman–Crippen MR) is 96.1 cm³/mol. The van der Waals surface area contributed by atoms with E-state index in [0.717, 1.165) is 6.42 Å². The van der Waals surface area contributed by atoms with E-state index in [-0.39, 0.29) is 26.2 Å². The monoisotopic (exact) mass is 378 g/mol. The van der Waals surface area contributed by atoms with Crippen LogP contribution in [0.1, 0.15) is 37.8 Å². The minimum Gasteiger partial charge on any atom is -0.0959 e. The zero-order chi connectivity index (χ0) is 15.7. The van der Waals surface area contributed by atoms with Gasteiger partial charge < -0.3 is 0 Å². The summed E-state index contributed by atoms with van der Waals surface area (Å²) in [6, 6.07) is 17.5. The van der Waals surface area contributed by atoms with Gasteiger partial charge in [0.05, 0.1) is 0 Å². The summed E-state index contributed by atoms with van der Waals surface area (Å²) in [5.74, 6) is 1.16. The third kappa shape index (κ3) is 3.66. The summed E-state index contributed by atoms with van der Waals surface area (Å²) < 4.78 is 0. The van der Waals surface area contributed by atoms with Gasteiger partial charge in [0.25, 0.3) is 0 Å². The van der Waals surface area contributed by atoms with Crippen LogP contribution in [0.2, 0.25) is 0 Å². The van der Waals surface area contributed by atoms with Crippen molar-refractivity contribution < 1.29 is 26.2 Å². The van der Waals surface area contributed by atoms with E-state index in [1.807, 2.05) is 0 Å². The molecule has 0 aliphatic heterocycles. The minimum absolute atomic E-state index is 0. The number of hydrogen-bond acceptors (Lipinski definition) is 0. The number of rotatable bonds is 3. The van der Waals surface area contributed by atoms with Crippen molar-refractivity contribution in [3.63, 3.8) is 0 Å². The van der Waals surface area contributed by atoms with Crippen molar-refractivity contribution >= 4 is 0 Å². The molecule has 2 atom stereocenters. The topological polar surface area (TPSA) is 0 Å². The molecule has 0 bridgehead atoms. The van der Waals surface area contributed by atoms with E-state index in [0.29, 0.717) is 11.8 Å². The van der Waals surface area contributed by atoms with Gasteiger partial charge in [-0.15, -0.1) is 0 Å². The first kappa shape index (κ1) is 18.1. The molecule has 0 saturated heterocycles. The maximum absolute atomic E-state index is 4.07. The standard InChI is InChI=1S/C22H24.Zr/c1-15(2)16(3)13-21-17(4)14-22-19(11-8-12-20(21)22)18-9-6-5-7-10-18;/h5-13,17,21H,1,14H2,2-4H3;. The summed E-state index contributed by atoms with van der Waals surface area (Å²) in [4.78, 5) is 0. The predicted octanol–water partition coefficient (Wildman–Crippen LogP) is 6.15. The molecule has 3 rings (SSSR count). The summed E-state index contributed by atoms with van der Waals surface area (Å²) in [6.07, 6.45) is 3.57. The molecule has 2 unspecified atom stereocenters. The molecule has 0 N–H and O–H groups in total. The van der Waals surface area contributed by atoms with E-state index in [2.05, 4.69) is 82.0 Å². The number of fused-ring (bicyclic) bond motifs is 1. The van der Waals surface area contributed by atoms with E-state index >= 15 is 0 Å². The van der Waals surface area contributed by atoms with Crippen LogP contribution in [0.3, 0.4) is 0 Å². The third-order valence-corrected chi connectivity index (χ3v) is 4.90. The summed E-state index contributed by atoms with van der Waals surface area (Å²) in [5.41, 5.74) is 8.22. The van der Waals surface area contributed by atoms with Gasteiger partial charge >= 0.3 is 0 Å². The molecule has 1 heteroatoms. The Hall–Kier alpha value is -1.20. The largest absolute Gasteiger partial charge is 0.0959 e. The van der Waals surface area contributed by atoms with Crippen LogP contribution in [-0.4, -0.2) is 0 Å². The van der Waals surface area contributed by atoms with Crippen molar-refractivity contribution in [2.75, 3.05) is 0 Å². The van der Waals surface area contributed by atoms with Gasteiger partial charge in [0.1, 0.15) is 0 Å². The first-order chi connectivity index (χ1) is 10.6. The summed E-state index contributed by atoms with van der Waals surface area (Å²) >= 11 is 0. The van der Waals surface area contributed by atoms with Crippen LogP contribution in [-0.2, 0) is 32.6 Å². The van der Waals surface area contributed by atoms with E-state index in [1.54, 1.807) is 0 Å². The fourth-order valence-corrected chi connectivity index (χ4v) is 3.45.